The summed E-state index contributed by atoms with van der Waals surface area (Å²) in [7, 11) is 0. The molecule has 5 nitrogen and oxygen atoms in total. The smallest absolute Gasteiger partial charge is 0.326 e. The molecule has 5 heteroatoms. The van der Waals surface area contributed by atoms with E-state index in [9.17, 15) is 14.7 Å². The highest BCUT2D eigenvalue weighted by Gasteiger charge is 2.41. The van der Waals surface area contributed by atoms with Crippen molar-refractivity contribution < 1.29 is 19.8 Å². The highest BCUT2D eigenvalue weighted by molar-refractivity contribution is 5.86. The van der Waals surface area contributed by atoms with Crippen molar-refractivity contribution in [1.29, 1.82) is 0 Å². The van der Waals surface area contributed by atoms with E-state index in [4.69, 9.17) is 5.11 Å². The quantitative estimate of drug-likeness (QED) is 0.707. The van der Waals surface area contributed by atoms with Gasteiger partial charge in [0.15, 0.2) is 0 Å². The molecule has 2 unspecified atom stereocenters. The lowest BCUT2D eigenvalue weighted by atomic mass is 10.1. The molecule has 2 atom stereocenters. The van der Waals surface area contributed by atoms with E-state index in [0.717, 1.165) is 25.7 Å². The SMILES string of the molecule is O=C(O)C1CC(O)CN1C(=O)C1CCCC1. The van der Waals surface area contributed by atoms with E-state index in [1.54, 1.807) is 0 Å². The Balaban J connectivity index is 2.06. The summed E-state index contributed by atoms with van der Waals surface area (Å²) in [6, 6.07) is -0.830. The number of amides is 1. The van der Waals surface area contributed by atoms with Gasteiger partial charge in [0.25, 0.3) is 0 Å². The zero-order valence-electron chi connectivity index (χ0n) is 9.13. The highest BCUT2D eigenvalue weighted by atomic mass is 16.4. The fraction of sp³-hybridized carbons (Fsp3) is 0.818. The van der Waals surface area contributed by atoms with Crippen molar-refractivity contribution in [3.8, 4) is 0 Å². The van der Waals surface area contributed by atoms with Crippen molar-refractivity contribution in [3.05, 3.63) is 0 Å². The van der Waals surface area contributed by atoms with Crippen molar-refractivity contribution in [2.24, 2.45) is 5.92 Å². The maximum Gasteiger partial charge on any atom is 0.326 e. The highest BCUT2D eigenvalue weighted by Crippen LogP contribution is 2.29. The molecule has 0 bridgehead atoms. The minimum atomic E-state index is -1.01. The molecule has 1 aliphatic heterocycles. The number of aliphatic hydroxyl groups is 1. The van der Waals surface area contributed by atoms with Gasteiger partial charge in [0.1, 0.15) is 6.04 Å². The third kappa shape index (κ3) is 2.04. The molecule has 1 amide bonds. The Kier molecular flexibility index (Phi) is 3.14. The number of carboxylic acids is 1. The molecule has 0 aromatic carbocycles. The van der Waals surface area contributed by atoms with E-state index in [-0.39, 0.29) is 24.8 Å². The Hall–Kier alpha value is -1.10. The number of hydrogen-bond donors (Lipinski definition) is 2. The zero-order chi connectivity index (χ0) is 11.7. The first-order valence-corrected chi connectivity index (χ1v) is 5.81. The summed E-state index contributed by atoms with van der Waals surface area (Å²) in [6.45, 7) is 0.173. The minimum absolute atomic E-state index is 0.0212. The van der Waals surface area contributed by atoms with Crippen LogP contribution in [0.4, 0.5) is 0 Å². The van der Waals surface area contributed by atoms with Crippen molar-refractivity contribution >= 4 is 11.9 Å². The second kappa shape index (κ2) is 4.41. The largest absolute Gasteiger partial charge is 0.480 e. The lowest BCUT2D eigenvalue weighted by molar-refractivity contribution is -0.149. The van der Waals surface area contributed by atoms with Gasteiger partial charge in [-0.1, -0.05) is 12.8 Å². The van der Waals surface area contributed by atoms with Gasteiger partial charge in [0.2, 0.25) is 5.91 Å². The van der Waals surface area contributed by atoms with Crippen LogP contribution in [0.1, 0.15) is 32.1 Å². The molecule has 1 saturated carbocycles. The summed E-state index contributed by atoms with van der Waals surface area (Å²) in [5.41, 5.74) is 0. The molecule has 1 heterocycles. The van der Waals surface area contributed by atoms with Crippen LogP contribution < -0.4 is 0 Å². The number of aliphatic hydroxyl groups excluding tert-OH is 1. The van der Waals surface area contributed by atoms with Gasteiger partial charge < -0.3 is 15.1 Å². The van der Waals surface area contributed by atoms with Gasteiger partial charge in [-0.05, 0) is 12.8 Å². The van der Waals surface area contributed by atoms with Gasteiger partial charge in [-0.25, -0.2) is 4.79 Å². The van der Waals surface area contributed by atoms with Gasteiger partial charge in [-0.3, -0.25) is 4.79 Å². The molecule has 16 heavy (non-hydrogen) atoms. The third-order valence-corrected chi connectivity index (χ3v) is 3.55. The second-order valence-corrected chi connectivity index (χ2v) is 4.72. The lowest BCUT2D eigenvalue weighted by Gasteiger charge is -2.24. The second-order valence-electron chi connectivity index (χ2n) is 4.72. The standard InChI is InChI=1S/C11H17NO4/c13-8-5-9(11(15)16)12(6-8)10(14)7-3-1-2-4-7/h7-9,13H,1-6H2,(H,15,16). The molecular weight excluding hydrogens is 210 g/mol. The van der Waals surface area contributed by atoms with Gasteiger partial charge >= 0.3 is 5.97 Å². The molecule has 0 aromatic rings. The van der Waals surface area contributed by atoms with Gasteiger partial charge in [0.05, 0.1) is 6.10 Å². The number of nitrogens with zero attached hydrogens (tertiary/aromatic N) is 1. The van der Waals surface area contributed by atoms with Gasteiger partial charge in [-0.15, -0.1) is 0 Å². The van der Waals surface area contributed by atoms with Crippen LogP contribution in [-0.2, 0) is 9.59 Å². The fourth-order valence-electron chi connectivity index (χ4n) is 2.70. The third-order valence-electron chi connectivity index (χ3n) is 3.55. The van der Waals surface area contributed by atoms with E-state index < -0.39 is 18.1 Å². The van der Waals surface area contributed by atoms with Crippen LogP contribution >= 0.6 is 0 Å². The molecule has 1 saturated heterocycles. The summed E-state index contributed by atoms with van der Waals surface area (Å²) >= 11 is 0. The van der Waals surface area contributed by atoms with E-state index in [2.05, 4.69) is 0 Å². The number of rotatable bonds is 2. The van der Waals surface area contributed by atoms with E-state index >= 15 is 0 Å². The van der Waals surface area contributed by atoms with E-state index in [1.807, 2.05) is 0 Å². The predicted octanol–water partition coefficient (Wildman–Crippen LogP) is 0.223. The maximum absolute atomic E-state index is 12.1. The van der Waals surface area contributed by atoms with Crippen LogP contribution in [-0.4, -0.2) is 45.7 Å². The Morgan fingerprint density at radius 1 is 1.19 bits per heavy atom. The number of carbonyl (C=O) groups excluding carboxylic acids is 1. The predicted molar refractivity (Wildman–Crippen MR) is 55.7 cm³/mol. The number of β-amino-alcohol motifs (C(OH)–C–C–N with tert-alkyl or cyclic N) is 1. The Morgan fingerprint density at radius 3 is 2.38 bits per heavy atom. The topological polar surface area (TPSA) is 77.8 Å². The lowest BCUT2D eigenvalue weighted by Crippen LogP contribution is -2.43. The first-order chi connectivity index (χ1) is 7.59. The fourth-order valence-corrected chi connectivity index (χ4v) is 2.70. The van der Waals surface area contributed by atoms with Crippen LogP contribution in [0.2, 0.25) is 0 Å². The molecule has 1 aliphatic carbocycles. The van der Waals surface area contributed by atoms with Crippen LogP contribution in [0.3, 0.4) is 0 Å². The van der Waals surface area contributed by atoms with Crippen molar-refractivity contribution in [2.45, 2.75) is 44.2 Å². The molecule has 0 spiro atoms. The number of aliphatic carboxylic acids is 1. The number of likely N-dealkylation sites (tertiary alicyclic amines) is 1. The molecule has 2 N–H and O–H groups in total. The zero-order valence-corrected chi connectivity index (χ0v) is 9.13. The monoisotopic (exact) mass is 227 g/mol. The van der Waals surface area contributed by atoms with E-state index in [1.165, 1.54) is 4.90 Å². The normalized spacial score (nSPS) is 30.9. The molecule has 0 aromatic heterocycles. The summed E-state index contributed by atoms with van der Waals surface area (Å²) in [6.07, 6.45) is 3.28. The summed E-state index contributed by atoms with van der Waals surface area (Å²) in [4.78, 5) is 24.4. The molecule has 2 aliphatic rings. The van der Waals surface area contributed by atoms with Crippen molar-refractivity contribution in [3.63, 3.8) is 0 Å². The van der Waals surface area contributed by atoms with Gasteiger partial charge in [0, 0.05) is 18.9 Å². The number of hydrogen-bond acceptors (Lipinski definition) is 3. The molecule has 90 valence electrons. The first kappa shape index (κ1) is 11.4. The molecule has 2 fully saturated rings. The Labute approximate surface area is 94.0 Å². The average molecular weight is 227 g/mol. The molecule has 2 rings (SSSR count). The average Bonchev–Trinajstić information content (AvgIpc) is 2.84. The molecule has 0 radical (unpaired) electrons. The van der Waals surface area contributed by atoms with Crippen molar-refractivity contribution in [2.75, 3.05) is 6.54 Å². The first-order valence-electron chi connectivity index (χ1n) is 5.81. The Morgan fingerprint density at radius 2 is 1.81 bits per heavy atom. The van der Waals surface area contributed by atoms with Crippen LogP contribution in [0.15, 0.2) is 0 Å². The summed E-state index contributed by atoms with van der Waals surface area (Å²) in [5, 5.41) is 18.4. The Bertz CT molecular complexity index is 298. The number of carbonyl (C=O) groups is 2. The minimum Gasteiger partial charge on any atom is -0.480 e. The van der Waals surface area contributed by atoms with Crippen LogP contribution in [0.25, 0.3) is 0 Å². The summed E-state index contributed by atoms with van der Waals surface area (Å²) in [5.74, 6) is -1.11. The van der Waals surface area contributed by atoms with Crippen LogP contribution in [0.5, 0.6) is 0 Å². The van der Waals surface area contributed by atoms with Gasteiger partial charge in [-0.2, -0.15) is 0 Å². The molecular formula is C11H17NO4. The maximum atomic E-state index is 12.1. The summed E-state index contributed by atoms with van der Waals surface area (Å²) < 4.78 is 0. The van der Waals surface area contributed by atoms with Crippen LogP contribution in [0, 0.1) is 5.92 Å². The number of carboxylic acid groups (broad SMARTS) is 1. The van der Waals surface area contributed by atoms with Crippen molar-refractivity contribution in [1.82, 2.24) is 4.90 Å². The van der Waals surface area contributed by atoms with E-state index in [0.29, 0.717) is 0 Å².